The Hall–Kier alpha value is -0.930. The van der Waals surface area contributed by atoms with E-state index in [4.69, 9.17) is 0 Å². The van der Waals surface area contributed by atoms with Crippen molar-refractivity contribution in [2.24, 2.45) is 5.92 Å². The van der Waals surface area contributed by atoms with E-state index in [0.717, 1.165) is 12.5 Å². The van der Waals surface area contributed by atoms with Crippen molar-refractivity contribution < 1.29 is 4.39 Å². The van der Waals surface area contributed by atoms with E-state index >= 15 is 0 Å². The Labute approximate surface area is 127 Å². The number of benzene rings is 1. The average Bonchev–Trinajstić information content (AvgIpc) is 3.18. The third-order valence-electron chi connectivity index (χ3n) is 5.46. The molecule has 0 aromatic heterocycles. The predicted octanol–water partition coefficient (Wildman–Crippen LogP) is 3.74. The summed E-state index contributed by atoms with van der Waals surface area (Å²) in [7, 11) is 4.41. The van der Waals surface area contributed by atoms with E-state index in [0.29, 0.717) is 11.6 Å². The Bertz CT molecular complexity index is 459. The number of halogens is 1. The Morgan fingerprint density at radius 3 is 2.33 bits per heavy atom. The monoisotopic (exact) mass is 290 g/mol. The molecule has 0 bridgehead atoms. The van der Waals surface area contributed by atoms with E-state index in [9.17, 15) is 4.39 Å². The van der Waals surface area contributed by atoms with Gasteiger partial charge in [-0.25, -0.2) is 4.39 Å². The first-order valence-corrected chi connectivity index (χ1v) is 8.27. The van der Waals surface area contributed by atoms with Crippen LogP contribution in [0.3, 0.4) is 0 Å². The maximum Gasteiger partial charge on any atom is 0.123 e. The van der Waals surface area contributed by atoms with Crippen molar-refractivity contribution in [1.29, 1.82) is 0 Å². The van der Waals surface area contributed by atoms with Gasteiger partial charge in [-0.1, -0.05) is 25.0 Å². The molecular formula is C18H27FN2. The van der Waals surface area contributed by atoms with E-state index in [-0.39, 0.29) is 5.82 Å². The van der Waals surface area contributed by atoms with E-state index in [1.54, 1.807) is 12.1 Å². The molecular weight excluding hydrogens is 263 g/mol. The summed E-state index contributed by atoms with van der Waals surface area (Å²) < 4.78 is 13.1. The third kappa shape index (κ3) is 3.29. The van der Waals surface area contributed by atoms with Crippen LogP contribution in [0.2, 0.25) is 0 Å². The fraction of sp³-hybridized carbons (Fsp3) is 0.667. The molecule has 2 aliphatic carbocycles. The number of likely N-dealkylation sites (N-methyl/N-ethyl adjacent to an activating group) is 1. The van der Waals surface area contributed by atoms with Crippen LogP contribution in [-0.4, -0.2) is 31.1 Å². The summed E-state index contributed by atoms with van der Waals surface area (Å²) in [6.45, 7) is 1.04. The SMILES string of the molecule is CN(C)C1(CNC(c2ccc(F)cc2)C2CC2)CCCC1. The third-order valence-corrected chi connectivity index (χ3v) is 5.46. The zero-order valence-corrected chi connectivity index (χ0v) is 13.2. The summed E-state index contributed by atoms with van der Waals surface area (Å²) in [5.74, 6) is 0.588. The van der Waals surface area contributed by atoms with Gasteiger partial charge in [-0.2, -0.15) is 0 Å². The van der Waals surface area contributed by atoms with E-state index in [1.165, 1.54) is 44.1 Å². The number of nitrogens with one attached hydrogen (secondary N) is 1. The van der Waals surface area contributed by atoms with Crippen LogP contribution in [0.15, 0.2) is 24.3 Å². The standard InChI is InChI=1S/C18H27FN2/c1-21(2)18(11-3-4-12-18)13-20-17(14-5-6-14)15-7-9-16(19)10-8-15/h7-10,14,17,20H,3-6,11-13H2,1-2H3. The van der Waals surface area contributed by atoms with E-state index < -0.39 is 0 Å². The van der Waals surface area contributed by atoms with Crippen molar-refractivity contribution >= 4 is 0 Å². The number of rotatable bonds is 6. The van der Waals surface area contributed by atoms with Gasteiger partial charge >= 0.3 is 0 Å². The van der Waals surface area contributed by atoms with Crippen LogP contribution in [0.5, 0.6) is 0 Å². The molecule has 1 atom stereocenters. The van der Waals surface area contributed by atoms with Crippen LogP contribution in [-0.2, 0) is 0 Å². The van der Waals surface area contributed by atoms with Crippen molar-refractivity contribution in [2.75, 3.05) is 20.6 Å². The lowest BCUT2D eigenvalue weighted by atomic mass is 9.94. The topological polar surface area (TPSA) is 15.3 Å². The normalized spacial score (nSPS) is 22.7. The minimum Gasteiger partial charge on any atom is -0.308 e. The highest BCUT2D eigenvalue weighted by Gasteiger charge is 2.38. The molecule has 2 aliphatic rings. The van der Waals surface area contributed by atoms with Gasteiger partial charge in [0.2, 0.25) is 0 Å². The average molecular weight is 290 g/mol. The van der Waals surface area contributed by atoms with Gasteiger partial charge in [0.25, 0.3) is 0 Å². The summed E-state index contributed by atoms with van der Waals surface area (Å²) >= 11 is 0. The lowest BCUT2D eigenvalue weighted by Crippen LogP contribution is -2.50. The maximum atomic E-state index is 13.1. The molecule has 116 valence electrons. The fourth-order valence-electron chi connectivity index (χ4n) is 3.77. The van der Waals surface area contributed by atoms with E-state index in [1.807, 2.05) is 12.1 Å². The Morgan fingerprint density at radius 1 is 1.19 bits per heavy atom. The number of hydrogen-bond acceptors (Lipinski definition) is 2. The lowest BCUT2D eigenvalue weighted by Gasteiger charge is -2.38. The van der Waals surface area contributed by atoms with Crippen LogP contribution in [0, 0.1) is 11.7 Å². The zero-order valence-electron chi connectivity index (χ0n) is 13.2. The highest BCUT2D eigenvalue weighted by molar-refractivity contribution is 5.22. The second-order valence-corrected chi connectivity index (χ2v) is 7.07. The fourth-order valence-corrected chi connectivity index (χ4v) is 3.77. The van der Waals surface area contributed by atoms with Gasteiger partial charge in [0, 0.05) is 18.1 Å². The van der Waals surface area contributed by atoms with Gasteiger partial charge < -0.3 is 10.2 Å². The molecule has 0 spiro atoms. The lowest BCUT2D eigenvalue weighted by molar-refractivity contribution is 0.147. The molecule has 1 N–H and O–H groups in total. The summed E-state index contributed by atoms with van der Waals surface area (Å²) in [5.41, 5.74) is 1.55. The molecule has 21 heavy (non-hydrogen) atoms. The van der Waals surface area contributed by atoms with Crippen LogP contribution in [0.4, 0.5) is 4.39 Å². The molecule has 3 rings (SSSR count). The Balaban J connectivity index is 1.69. The molecule has 0 saturated heterocycles. The van der Waals surface area contributed by atoms with Gasteiger partial charge in [0.05, 0.1) is 0 Å². The van der Waals surface area contributed by atoms with Gasteiger partial charge in [-0.3, -0.25) is 0 Å². The maximum absolute atomic E-state index is 13.1. The smallest absolute Gasteiger partial charge is 0.123 e. The molecule has 1 unspecified atom stereocenters. The van der Waals surface area contributed by atoms with E-state index in [2.05, 4.69) is 24.3 Å². The number of nitrogens with zero attached hydrogens (tertiary/aromatic N) is 1. The first-order chi connectivity index (χ1) is 10.1. The molecule has 2 saturated carbocycles. The summed E-state index contributed by atoms with van der Waals surface area (Å²) in [5, 5.41) is 3.82. The Morgan fingerprint density at radius 2 is 1.81 bits per heavy atom. The van der Waals surface area contributed by atoms with Crippen LogP contribution >= 0.6 is 0 Å². The molecule has 3 heteroatoms. The highest BCUT2D eigenvalue weighted by Crippen LogP contribution is 2.42. The molecule has 2 fully saturated rings. The van der Waals surface area contributed by atoms with Gasteiger partial charge in [-0.15, -0.1) is 0 Å². The molecule has 2 nitrogen and oxygen atoms in total. The van der Waals surface area contributed by atoms with Gasteiger partial charge in [0.1, 0.15) is 5.82 Å². The van der Waals surface area contributed by atoms with Crippen LogP contribution in [0.25, 0.3) is 0 Å². The van der Waals surface area contributed by atoms with Crippen LogP contribution in [0.1, 0.15) is 50.1 Å². The van der Waals surface area contributed by atoms with Crippen molar-refractivity contribution in [3.8, 4) is 0 Å². The Kier molecular flexibility index (Phi) is 4.32. The zero-order chi connectivity index (χ0) is 14.9. The molecule has 0 amide bonds. The molecule has 0 aliphatic heterocycles. The molecule has 0 radical (unpaired) electrons. The molecule has 1 aromatic rings. The second kappa shape index (κ2) is 6.05. The molecule has 1 aromatic carbocycles. The largest absolute Gasteiger partial charge is 0.308 e. The first-order valence-electron chi connectivity index (χ1n) is 8.27. The van der Waals surface area contributed by atoms with Crippen molar-refractivity contribution in [3.63, 3.8) is 0 Å². The minimum absolute atomic E-state index is 0.145. The van der Waals surface area contributed by atoms with Crippen molar-refractivity contribution in [2.45, 2.75) is 50.1 Å². The minimum atomic E-state index is -0.145. The van der Waals surface area contributed by atoms with Crippen molar-refractivity contribution in [1.82, 2.24) is 10.2 Å². The summed E-state index contributed by atoms with van der Waals surface area (Å²) in [4.78, 5) is 2.40. The first kappa shape index (κ1) is 15.0. The highest BCUT2D eigenvalue weighted by atomic mass is 19.1. The second-order valence-electron chi connectivity index (χ2n) is 7.07. The van der Waals surface area contributed by atoms with Gasteiger partial charge in [0.15, 0.2) is 0 Å². The van der Waals surface area contributed by atoms with Gasteiger partial charge in [-0.05, 0) is 63.4 Å². The van der Waals surface area contributed by atoms with Crippen LogP contribution < -0.4 is 5.32 Å². The molecule has 0 heterocycles. The number of hydrogen-bond donors (Lipinski definition) is 1. The van der Waals surface area contributed by atoms with Crippen molar-refractivity contribution in [3.05, 3.63) is 35.6 Å². The summed E-state index contributed by atoms with van der Waals surface area (Å²) in [6, 6.07) is 7.46. The predicted molar refractivity (Wildman–Crippen MR) is 84.8 cm³/mol. The quantitative estimate of drug-likeness (QED) is 0.858. The summed E-state index contributed by atoms with van der Waals surface area (Å²) in [6.07, 6.45) is 7.84.